The first-order chi connectivity index (χ1) is 16.1. The van der Waals surface area contributed by atoms with Crippen LogP contribution in [0, 0.1) is 46.3 Å². The molecule has 2 N–H and O–H groups in total. The Hall–Kier alpha value is -0.750. The number of rotatable bonds is 6. The third-order valence-corrected chi connectivity index (χ3v) is 11.2. The van der Waals surface area contributed by atoms with Crippen molar-refractivity contribution in [3.63, 3.8) is 0 Å². The van der Waals surface area contributed by atoms with Crippen molar-refractivity contribution in [3.8, 4) is 0 Å². The van der Waals surface area contributed by atoms with E-state index in [4.69, 9.17) is 4.74 Å². The highest BCUT2D eigenvalue weighted by molar-refractivity contribution is 5.66. The molecule has 0 aromatic carbocycles. The van der Waals surface area contributed by atoms with Gasteiger partial charge in [0, 0.05) is 19.3 Å². The Morgan fingerprint density at radius 2 is 1.69 bits per heavy atom. The van der Waals surface area contributed by atoms with E-state index in [1.165, 1.54) is 6.92 Å². The Kier molecular flexibility index (Phi) is 7.19. The number of esters is 1. The number of alkyl halides is 2. The summed E-state index contributed by atoms with van der Waals surface area (Å²) in [5.74, 6) is -3.63. The first-order valence-corrected chi connectivity index (χ1v) is 14.1. The second-order valence-electron chi connectivity index (χ2n) is 13.9. The van der Waals surface area contributed by atoms with Crippen molar-refractivity contribution >= 4 is 5.97 Å². The number of hydrogen-bond donors (Lipinski definition) is 2. The van der Waals surface area contributed by atoms with Gasteiger partial charge in [0.25, 0.3) is 5.92 Å². The number of aliphatic hydroxyl groups excluding tert-OH is 1. The summed E-state index contributed by atoms with van der Waals surface area (Å²) in [6.07, 6.45) is 5.68. The van der Waals surface area contributed by atoms with Crippen LogP contribution in [0.1, 0.15) is 106 Å². The fourth-order valence-electron chi connectivity index (χ4n) is 9.55. The van der Waals surface area contributed by atoms with E-state index < -0.39 is 41.5 Å². The maximum Gasteiger partial charge on any atom is 0.302 e. The Bertz CT molecular complexity index is 794. The van der Waals surface area contributed by atoms with E-state index in [1.54, 1.807) is 0 Å². The standard InChI is InChI=1S/C29H48F2O4/c1-17(8-7-13-26(3,4)34)19-9-10-20-24-21(11-14-27(19,20)5)28(6)15-12-23(35-18(2)32)25(33)22(28)16-29(24,30)31/h17,19-25,33-34H,7-16H2,1-6H3/t17-,19-,20+,21+,22?,23+,24+,25?,27-,28-/m1/s1. The van der Waals surface area contributed by atoms with Crippen molar-refractivity contribution in [1.29, 1.82) is 0 Å². The predicted octanol–water partition coefficient (Wildman–Crippen LogP) is 6.37. The van der Waals surface area contributed by atoms with Gasteiger partial charge in [0.05, 0.1) is 11.7 Å². The Labute approximate surface area is 210 Å². The van der Waals surface area contributed by atoms with E-state index in [1.807, 2.05) is 13.8 Å². The van der Waals surface area contributed by atoms with Crippen LogP contribution in [-0.2, 0) is 9.53 Å². The molecule has 0 aliphatic heterocycles. The number of aliphatic hydroxyl groups is 2. The van der Waals surface area contributed by atoms with Crippen LogP contribution in [0.4, 0.5) is 8.78 Å². The van der Waals surface area contributed by atoms with Crippen LogP contribution >= 0.6 is 0 Å². The zero-order chi connectivity index (χ0) is 26.0. The van der Waals surface area contributed by atoms with Gasteiger partial charge in [-0.1, -0.05) is 33.6 Å². The summed E-state index contributed by atoms with van der Waals surface area (Å²) >= 11 is 0. The molecular formula is C29H48F2O4. The lowest BCUT2D eigenvalue weighted by Crippen LogP contribution is -2.64. The molecule has 0 radical (unpaired) electrons. The summed E-state index contributed by atoms with van der Waals surface area (Å²) in [4.78, 5) is 11.5. The van der Waals surface area contributed by atoms with Crippen LogP contribution in [0.25, 0.3) is 0 Å². The molecule has 4 aliphatic carbocycles. The van der Waals surface area contributed by atoms with Gasteiger partial charge in [0.1, 0.15) is 6.10 Å². The Morgan fingerprint density at radius 3 is 2.31 bits per heavy atom. The molecule has 4 fully saturated rings. The molecule has 0 bridgehead atoms. The molecule has 4 nitrogen and oxygen atoms in total. The summed E-state index contributed by atoms with van der Waals surface area (Å²) in [5.41, 5.74) is -1.08. The molecule has 0 spiro atoms. The van der Waals surface area contributed by atoms with E-state index in [2.05, 4.69) is 20.8 Å². The maximum absolute atomic E-state index is 16.1. The molecule has 0 heterocycles. The van der Waals surface area contributed by atoms with Gasteiger partial charge in [0.2, 0.25) is 0 Å². The second-order valence-corrected chi connectivity index (χ2v) is 13.9. The zero-order valence-corrected chi connectivity index (χ0v) is 22.7. The van der Waals surface area contributed by atoms with Crippen LogP contribution in [0.5, 0.6) is 0 Å². The van der Waals surface area contributed by atoms with Gasteiger partial charge >= 0.3 is 5.97 Å². The monoisotopic (exact) mass is 498 g/mol. The van der Waals surface area contributed by atoms with Crippen molar-refractivity contribution in [3.05, 3.63) is 0 Å². The largest absolute Gasteiger partial charge is 0.460 e. The predicted molar refractivity (Wildman–Crippen MR) is 132 cm³/mol. The quantitative estimate of drug-likeness (QED) is 0.418. The third kappa shape index (κ3) is 4.80. The van der Waals surface area contributed by atoms with E-state index in [0.29, 0.717) is 18.3 Å². The van der Waals surface area contributed by atoms with E-state index in [9.17, 15) is 15.0 Å². The number of hydrogen-bond acceptors (Lipinski definition) is 4. The van der Waals surface area contributed by atoms with Gasteiger partial charge < -0.3 is 14.9 Å². The lowest BCUT2D eigenvalue weighted by molar-refractivity contribution is -0.260. The summed E-state index contributed by atoms with van der Waals surface area (Å²) in [7, 11) is 0. The van der Waals surface area contributed by atoms with Gasteiger partial charge in [0.15, 0.2) is 0 Å². The van der Waals surface area contributed by atoms with Crippen LogP contribution < -0.4 is 0 Å². The van der Waals surface area contributed by atoms with E-state index in [0.717, 1.165) is 51.4 Å². The fraction of sp³-hybridized carbons (Fsp3) is 0.966. The van der Waals surface area contributed by atoms with Crippen molar-refractivity contribution < 1.29 is 28.5 Å². The maximum atomic E-state index is 16.1. The highest BCUT2D eigenvalue weighted by Gasteiger charge is 2.69. The molecule has 0 amide bonds. The minimum atomic E-state index is -2.82. The first kappa shape index (κ1) is 27.3. The molecule has 0 saturated heterocycles. The number of carbonyl (C=O) groups is 1. The molecule has 0 aromatic rings. The third-order valence-electron chi connectivity index (χ3n) is 11.2. The highest BCUT2D eigenvalue weighted by Crippen LogP contribution is 2.71. The summed E-state index contributed by atoms with van der Waals surface area (Å²) in [5, 5.41) is 21.2. The minimum Gasteiger partial charge on any atom is -0.460 e. The van der Waals surface area contributed by atoms with Crippen LogP contribution in [0.15, 0.2) is 0 Å². The molecular weight excluding hydrogens is 450 g/mol. The average Bonchev–Trinajstić information content (AvgIpc) is 3.08. The van der Waals surface area contributed by atoms with Crippen LogP contribution in [-0.4, -0.2) is 39.9 Å². The van der Waals surface area contributed by atoms with Crippen LogP contribution in [0.2, 0.25) is 0 Å². The number of ether oxygens (including phenoxy) is 1. The fourth-order valence-corrected chi connectivity index (χ4v) is 9.55. The average molecular weight is 499 g/mol. The van der Waals surface area contributed by atoms with E-state index in [-0.39, 0.29) is 29.1 Å². The molecule has 202 valence electrons. The summed E-state index contributed by atoms with van der Waals surface area (Å²) in [6, 6.07) is 0. The van der Waals surface area contributed by atoms with Gasteiger partial charge in [-0.3, -0.25) is 4.79 Å². The molecule has 4 aliphatic rings. The van der Waals surface area contributed by atoms with Crippen LogP contribution in [0.3, 0.4) is 0 Å². The number of halogens is 2. The SMILES string of the molecule is CC(=O)O[C@H]1CC[C@@]2(C)C(CC(F)(F)[C@H]3[C@@H]4CC[C@H]([C@H](C)CCCC(C)(C)O)[C@@]4(C)CC[C@@H]32)C1O. The molecule has 4 rings (SSSR count). The van der Waals surface area contributed by atoms with Gasteiger partial charge in [-0.25, -0.2) is 8.78 Å². The molecule has 2 unspecified atom stereocenters. The van der Waals surface area contributed by atoms with Gasteiger partial charge in [-0.2, -0.15) is 0 Å². The van der Waals surface area contributed by atoms with Gasteiger partial charge in [-0.05, 0) is 99.2 Å². The molecule has 6 heteroatoms. The second kappa shape index (κ2) is 9.22. The normalized spacial score (nSPS) is 45.7. The molecule has 10 atom stereocenters. The lowest BCUT2D eigenvalue weighted by Gasteiger charge is -2.63. The number of carbonyl (C=O) groups excluding carboxylic acids is 1. The summed E-state index contributed by atoms with van der Waals surface area (Å²) in [6.45, 7) is 11.7. The molecule has 4 saturated carbocycles. The van der Waals surface area contributed by atoms with Crippen molar-refractivity contribution in [1.82, 2.24) is 0 Å². The topological polar surface area (TPSA) is 66.8 Å². The number of fused-ring (bicyclic) bond motifs is 5. The van der Waals surface area contributed by atoms with E-state index >= 15 is 8.78 Å². The van der Waals surface area contributed by atoms with Gasteiger partial charge in [-0.15, -0.1) is 0 Å². The Morgan fingerprint density at radius 1 is 1.06 bits per heavy atom. The zero-order valence-electron chi connectivity index (χ0n) is 22.7. The minimum absolute atomic E-state index is 0.0130. The van der Waals surface area contributed by atoms with Crippen molar-refractivity contribution in [2.24, 2.45) is 46.3 Å². The first-order valence-electron chi connectivity index (χ1n) is 14.1. The Balaban J connectivity index is 1.54. The summed E-state index contributed by atoms with van der Waals surface area (Å²) < 4.78 is 37.5. The van der Waals surface area contributed by atoms with Crippen molar-refractivity contribution in [2.45, 2.75) is 129 Å². The lowest BCUT2D eigenvalue weighted by atomic mass is 9.43. The highest BCUT2D eigenvalue weighted by atomic mass is 19.3. The smallest absolute Gasteiger partial charge is 0.302 e. The van der Waals surface area contributed by atoms with Crippen molar-refractivity contribution in [2.75, 3.05) is 0 Å². The molecule has 35 heavy (non-hydrogen) atoms. The molecule has 0 aromatic heterocycles.